The Bertz CT molecular complexity index is 1000. The number of phenolic OH excluding ortho intramolecular Hbond substituents is 1. The molecule has 0 spiro atoms. The van der Waals surface area contributed by atoms with Crippen LogP contribution in [0.4, 0.5) is 0 Å². The summed E-state index contributed by atoms with van der Waals surface area (Å²) in [7, 11) is 0. The van der Waals surface area contributed by atoms with Crippen molar-refractivity contribution in [3.05, 3.63) is 93.4 Å². The molecule has 1 aliphatic rings. The van der Waals surface area contributed by atoms with Gasteiger partial charge in [-0.3, -0.25) is 9.69 Å². The lowest BCUT2D eigenvalue weighted by Gasteiger charge is -2.32. The van der Waals surface area contributed by atoms with E-state index in [-0.39, 0.29) is 22.7 Å². The van der Waals surface area contributed by atoms with Crippen LogP contribution in [0.25, 0.3) is 21.8 Å². The van der Waals surface area contributed by atoms with Crippen LogP contribution < -0.4 is 4.74 Å². The average molecular weight is 356 g/mol. The van der Waals surface area contributed by atoms with Crippen LogP contribution in [0.15, 0.2) is 53.9 Å². The van der Waals surface area contributed by atoms with Crippen LogP contribution in [0, 0.1) is 13.1 Å². The van der Waals surface area contributed by atoms with Gasteiger partial charge in [-0.1, -0.05) is 30.4 Å². The fourth-order valence-electron chi connectivity index (χ4n) is 2.98. The Hall–Kier alpha value is -3.50. The first-order valence-electron chi connectivity index (χ1n) is 8.70. The van der Waals surface area contributed by atoms with Gasteiger partial charge >= 0.3 is 0 Å². The fourth-order valence-corrected chi connectivity index (χ4v) is 2.98. The number of nitrogens with zero attached hydrogens (tertiary/aromatic N) is 2. The molecule has 0 bridgehead atoms. The van der Waals surface area contributed by atoms with E-state index in [1.54, 1.807) is 36.4 Å². The molecule has 27 heavy (non-hydrogen) atoms. The number of hydrogen-bond acceptors (Lipinski definition) is 2. The van der Waals surface area contributed by atoms with Gasteiger partial charge in [0.05, 0.1) is 13.1 Å². The van der Waals surface area contributed by atoms with Crippen molar-refractivity contribution in [2.24, 2.45) is 0 Å². The highest BCUT2D eigenvalue weighted by Crippen LogP contribution is 2.34. The molecule has 4 nitrogen and oxygen atoms in total. The normalized spacial score (nSPS) is 15.9. The average Bonchev–Trinajstić information content (AvgIpc) is 2.65. The minimum atomic E-state index is -0.157. The molecule has 2 aromatic rings. The first-order chi connectivity index (χ1) is 12.9. The van der Waals surface area contributed by atoms with Crippen molar-refractivity contribution in [1.29, 1.82) is 0 Å². The molecule has 0 saturated carbocycles. The number of hydrogen-bond donors (Lipinski definition) is 1. The van der Waals surface area contributed by atoms with Crippen molar-refractivity contribution in [2.45, 2.75) is 32.3 Å². The zero-order valence-corrected chi connectivity index (χ0v) is 15.4. The van der Waals surface area contributed by atoms with Crippen LogP contribution >= 0.6 is 0 Å². The van der Waals surface area contributed by atoms with Gasteiger partial charge in [0.2, 0.25) is 0 Å². The summed E-state index contributed by atoms with van der Waals surface area (Å²) < 4.78 is 6.00. The standard InChI is InChI=1S/C23H20N2O2/c1-23(2)12-11-18-13-17(7-10-22(18)27-23)15-21(25-4)20(24-3)14-16-5-8-19(26)9-6-16/h5-10,13-15,26H,11-12H2,1-2H3/b20-14-,21-15-. The van der Waals surface area contributed by atoms with E-state index in [1.807, 2.05) is 18.2 Å². The summed E-state index contributed by atoms with van der Waals surface area (Å²) in [6.07, 6.45) is 5.25. The van der Waals surface area contributed by atoms with Crippen LogP contribution in [0.3, 0.4) is 0 Å². The maximum Gasteiger partial charge on any atom is 0.195 e. The van der Waals surface area contributed by atoms with Crippen LogP contribution in [0.1, 0.15) is 37.0 Å². The third-order valence-electron chi connectivity index (χ3n) is 4.47. The molecule has 0 aromatic heterocycles. The highest BCUT2D eigenvalue weighted by Gasteiger charge is 2.26. The number of aryl methyl sites for hydroxylation is 1. The molecule has 0 fully saturated rings. The molecule has 1 aliphatic heterocycles. The summed E-state index contributed by atoms with van der Waals surface area (Å²) >= 11 is 0. The van der Waals surface area contributed by atoms with Gasteiger partial charge in [-0.2, -0.15) is 0 Å². The van der Waals surface area contributed by atoms with Crippen molar-refractivity contribution in [3.63, 3.8) is 0 Å². The van der Waals surface area contributed by atoms with Gasteiger partial charge in [-0.05, 0) is 67.6 Å². The van der Waals surface area contributed by atoms with Crippen LogP contribution in [-0.4, -0.2) is 10.7 Å². The van der Waals surface area contributed by atoms with Gasteiger partial charge < -0.3 is 9.84 Å². The summed E-state index contributed by atoms with van der Waals surface area (Å²) in [6, 6.07) is 12.4. The number of benzene rings is 2. The highest BCUT2D eigenvalue weighted by atomic mass is 16.5. The molecular weight excluding hydrogens is 336 g/mol. The fraction of sp³-hybridized carbons (Fsp3) is 0.217. The maximum absolute atomic E-state index is 9.38. The largest absolute Gasteiger partial charge is 0.508 e. The Balaban J connectivity index is 1.93. The smallest absolute Gasteiger partial charge is 0.195 e. The quantitative estimate of drug-likeness (QED) is 0.564. The Kier molecular flexibility index (Phi) is 5.01. The van der Waals surface area contributed by atoms with E-state index in [4.69, 9.17) is 17.9 Å². The second-order valence-electron chi connectivity index (χ2n) is 7.10. The Labute approximate surface area is 159 Å². The lowest BCUT2D eigenvalue weighted by molar-refractivity contribution is 0.0847. The number of phenols is 1. The number of ether oxygens (including phenoxy) is 1. The molecule has 1 heterocycles. The third-order valence-corrected chi connectivity index (χ3v) is 4.47. The summed E-state index contributed by atoms with van der Waals surface area (Å²) in [4.78, 5) is 7.07. The lowest BCUT2D eigenvalue weighted by atomic mass is 9.93. The monoisotopic (exact) mass is 356 g/mol. The summed E-state index contributed by atoms with van der Waals surface area (Å²) in [5, 5.41) is 9.38. The number of rotatable bonds is 3. The SMILES string of the molecule is [C-]#[N+]C(=C\c1ccc(O)cc1)/C(=C/c1ccc2c(c1)CCC(C)(C)O2)[N+]#[C-]. The Morgan fingerprint density at radius 2 is 1.59 bits per heavy atom. The zero-order chi connectivity index (χ0) is 19.4. The van der Waals surface area contributed by atoms with Gasteiger partial charge in [0.25, 0.3) is 0 Å². The first kappa shape index (κ1) is 18.3. The second kappa shape index (κ2) is 7.40. The second-order valence-corrected chi connectivity index (χ2v) is 7.10. The van der Waals surface area contributed by atoms with Crippen molar-refractivity contribution in [2.75, 3.05) is 0 Å². The van der Waals surface area contributed by atoms with E-state index in [0.29, 0.717) is 0 Å². The predicted octanol–water partition coefficient (Wildman–Crippen LogP) is 5.72. The van der Waals surface area contributed by atoms with Crippen molar-refractivity contribution in [1.82, 2.24) is 0 Å². The molecule has 1 N–H and O–H groups in total. The van der Waals surface area contributed by atoms with Crippen molar-refractivity contribution in [3.8, 4) is 11.5 Å². The molecule has 3 rings (SSSR count). The van der Waals surface area contributed by atoms with Gasteiger partial charge in [-0.25, -0.2) is 0 Å². The third kappa shape index (κ3) is 4.37. The summed E-state index contributed by atoms with van der Waals surface area (Å²) in [5.41, 5.74) is 3.16. The Morgan fingerprint density at radius 1 is 1.00 bits per heavy atom. The molecule has 4 heteroatoms. The molecule has 0 radical (unpaired) electrons. The maximum atomic E-state index is 9.38. The number of aromatic hydroxyl groups is 1. The van der Waals surface area contributed by atoms with Gasteiger partial charge in [0.15, 0.2) is 11.4 Å². The molecule has 0 unspecified atom stereocenters. The van der Waals surface area contributed by atoms with Gasteiger partial charge in [0.1, 0.15) is 17.1 Å². The van der Waals surface area contributed by atoms with E-state index in [2.05, 4.69) is 23.5 Å². The molecule has 2 aromatic carbocycles. The minimum Gasteiger partial charge on any atom is -0.508 e. The topological polar surface area (TPSA) is 38.2 Å². The van der Waals surface area contributed by atoms with Crippen molar-refractivity contribution >= 4 is 12.2 Å². The molecular formula is C23H20N2O2. The lowest BCUT2D eigenvalue weighted by Crippen LogP contribution is -2.32. The van der Waals surface area contributed by atoms with Gasteiger partial charge in [-0.15, -0.1) is 0 Å². The molecule has 134 valence electrons. The van der Waals surface area contributed by atoms with Crippen molar-refractivity contribution < 1.29 is 9.84 Å². The zero-order valence-electron chi connectivity index (χ0n) is 15.4. The van der Waals surface area contributed by atoms with E-state index in [9.17, 15) is 5.11 Å². The number of fused-ring (bicyclic) bond motifs is 1. The molecule has 0 aliphatic carbocycles. The molecule has 0 atom stereocenters. The van der Waals surface area contributed by atoms with Crippen LogP contribution in [0.2, 0.25) is 0 Å². The first-order valence-corrected chi connectivity index (χ1v) is 8.70. The Morgan fingerprint density at radius 3 is 2.22 bits per heavy atom. The molecule has 0 amide bonds. The molecule has 0 saturated heterocycles. The van der Waals surface area contributed by atoms with E-state index < -0.39 is 0 Å². The van der Waals surface area contributed by atoms with E-state index in [0.717, 1.165) is 35.3 Å². The van der Waals surface area contributed by atoms with Crippen LogP contribution in [0.5, 0.6) is 11.5 Å². The summed E-state index contributed by atoms with van der Waals surface area (Å²) in [6.45, 7) is 19.1. The minimum absolute atomic E-state index is 0.157. The van der Waals surface area contributed by atoms with E-state index >= 15 is 0 Å². The van der Waals surface area contributed by atoms with E-state index in [1.165, 1.54) is 0 Å². The van der Waals surface area contributed by atoms with Gasteiger partial charge in [0, 0.05) is 0 Å². The summed E-state index contributed by atoms with van der Waals surface area (Å²) in [5.74, 6) is 1.05. The predicted molar refractivity (Wildman–Crippen MR) is 107 cm³/mol. The van der Waals surface area contributed by atoms with Crippen LogP contribution in [-0.2, 0) is 6.42 Å². The highest BCUT2D eigenvalue weighted by molar-refractivity contribution is 5.70.